The Morgan fingerprint density at radius 3 is 2.48 bits per heavy atom. The van der Waals surface area contributed by atoms with Gasteiger partial charge >= 0.3 is 29.6 Å². The summed E-state index contributed by atoms with van der Waals surface area (Å²) in [6.45, 7) is 7.08. The van der Waals surface area contributed by atoms with Gasteiger partial charge in [0.1, 0.15) is 18.2 Å². The monoisotopic (exact) mass is 466 g/mol. The maximum absolute atomic E-state index is 13.0. The molecular formula is C24H32FN4NaO3. The van der Waals surface area contributed by atoms with Crippen molar-refractivity contribution in [3.8, 4) is 17.2 Å². The molecule has 0 saturated heterocycles. The SMILES string of the molecule is CCc1cc(OCc2ccc(F)cc2)c(O)cc1OCCCCCC(C)(C)c1nn[nH]n1.[H-].[Na+]. The summed E-state index contributed by atoms with van der Waals surface area (Å²) in [6.07, 6.45) is 4.69. The van der Waals surface area contributed by atoms with Gasteiger partial charge in [-0.15, -0.1) is 10.2 Å². The van der Waals surface area contributed by atoms with E-state index in [-0.39, 0.29) is 54.6 Å². The third kappa shape index (κ3) is 7.98. The first-order valence-corrected chi connectivity index (χ1v) is 11.0. The maximum atomic E-state index is 13.0. The van der Waals surface area contributed by atoms with Crippen LogP contribution in [0.1, 0.15) is 64.8 Å². The molecule has 2 aromatic carbocycles. The fourth-order valence-electron chi connectivity index (χ4n) is 3.45. The Hall–Kier alpha value is -2.16. The van der Waals surface area contributed by atoms with Crippen molar-refractivity contribution in [2.45, 2.75) is 64.9 Å². The third-order valence-corrected chi connectivity index (χ3v) is 5.48. The molecule has 174 valence electrons. The van der Waals surface area contributed by atoms with Crippen LogP contribution >= 0.6 is 0 Å². The molecule has 1 heterocycles. The number of aryl methyl sites for hydroxylation is 1. The standard InChI is InChI=1S/C24H31FN4O3.Na.H/c1-4-18-14-22(32-16-17-8-10-19(25)11-9-17)20(30)15-21(18)31-13-7-5-6-12-24(2,3)23-26-28-29-27-23;;/h8-11,14-15,30H,4-7,12-13,16H2,1-3H3,(H,26,27,28,29);;/q;+1;-1. The number of phenols is 1. The van der Waals surface area contributed by atoms with Gasteiger partial charge in [0, 0.05) is 11.5 Å². The number of nitrogens with one attached hydrogen (secondary N) is 1. The summed E-state index contributed by atoms with van der Waals surface area (Å²) in [7, 11) is 0. The van der Waals surface area contributed by atoms with E-state index in [9.17, 15) is 9.50 Å². The van der Waals surface area contributed by atoms with Gasteiger partial charge in [0.15, 0.2) is 17.3 Å². The van der Waals surface area contributed by atoms with Crippen LogP contribution < -0.4 is 39.0 Å². The molecule has 0 radical (unpaired) electrons. The molecule has 2 N–H and O–H groups in total. The molecule has 0 fully saturated rings. The molecule has 7 nitrogen and oxygen atoms in total. The summed E-state index contributed by atoms with van der Waals surface area (Å²) in [5.74, 6) is 1.54. The molecule has 33 heavy (non-hydrogen) atoms. The number of hydrogen-bond donors (Lipinski definition) is 2. The number of phenolic OH excluding ortho intramolecular Hbond substituents is 1. The average molecular weight is 467 g/mol. The van der Waals surface area contributed by atoms with Gasteiger partial charge in [0.25, 0.3) is 0 Å². The molecule has 1 aromatic heterocycles. The van der Waals surface area contributed by atoms with Crippen molar-refractivity contribution in [1.29, 1.82) is 0 Å². The normalized spacial score (nSPS) is 11.2. The molecule has 0 aliphatic rings. The van der Waals surface area contributed by atoms with E-state index in [1.54, 1.807) is 18.2 Å². The molecule has 0 bridgehead atoms. The molecule has 0 atom stereocenters. The predicted molar refractivity (Wildman–Crippen MR) is 120 cm³/mol. The second kappa shape index (κ2) is 12.9. The minimum absolute atomic E-state index is 0. The second-order valence-electron chi connectivity index (χ2n) is 8.47. The van der Waals surface area contributed by atoms with E-state index >= 15 is 0 Å². The quantitative estimate of drug-likeness (QED) is 0.314. The van der Waals surface area contributed by atoms with Crippen molar-refractivity contribution in [3.05, 3.63) is 59.2 Å². The van der Waals surface area contributed by atoms with Gasteiger partial charge in [-0.25, -0.2) is 4.39 Å². The molecule has 0 spiro atoms. The van der Waals surface area contributed by atoms with Crippen molar-refractivity contribution in [2.75, 3.05) is 6.61 Å². The van der Waals surface area contributed by atoms with Crippen LogP contribution in [0.5, 0.6) is 17.2 Å². The number of aromatic hydroxyl groups is 1. The van der Waals surface area contributed by atoms with Crippen molar-refractivity contribution in [1.82, 2.24) is 20.6 Å². The van der Waals surface area contributed by atoms with Crippen LogP contribution in [-0.4, -0.2) is 32.3 Å². The first-order chi connectivity index (χ1) is 15.4. The minimum Gasteiger partial charge on any atom is -1.00 e. The number of aromatic nitrogens is 4. The van der Waals surface area contributed by atoms with Crippen LogP contribution in [0.3, 0.4) is 0 Å². The summed E-state index contributed by atoms with van der Waals surface area (Å²) in [6, 6.07) is 9.51. The summed E-state index contributed by atoms with van der Waals surface area (Å²) >= 11 is 0. The first kappa shape index (κ1) is 27.1. The van der Waals surface area contributed by atoms with Crippen molar-refractivity contribution in [3.63, 3.8) is 0 Å². The van der Waals surface area contributed by atoms with Crippen LogP contribution in [-0.2, 0) is 18.4 Å². The Bertz CT molecular complexity index is 989. The number of tetrazole rings is 1. The van der Waals surface area contributed by atoms with Gasteiger partial charge in [-0.1, -0.05) is 51.0 Å². The van der Waals surface area contributed by atoms with Gasteiger partial charge in [-0.05, 0) is 48.6 Å². The Morgan fingerprint density at radius 2 is 1.82 bits per heavy atom. The van der Waals surface area contributed by atoms with E-state index in [1.807, 2.05) is 13.0 Å². The number of unbranched alkanes of at least 4 members (excludes halogenated alkanes) is 2. The molecule has 0 aliphatic heterocycles. The number of H-pyrrole nitrogens is 1. The molecule has 0 unspecified atom stereocenters. The Labute approximate surface area is 217 Å². The van der Waals surface area contributed by atoms with Gasteiger partial charge < -0.3 is 16.0 Å². The van der Waals surface area contributed by atoms with E-state index in [2.05, 4.69) is 34.5 Å². The fraction of sp³-hybridized carbons (Fsp3) is 0.458. The first-order valence-electron chi connectivity index (χ1n) is 11.0. The van der Waals surface area contributed by atoms with Gasteiger partial charge in [-0.3, -0.25) is 0 Å². The fourth-order valence-corrected chi connectivity index (χ4v) is 3.45. The second-order valence-corrected chi connectivity index (χ2v) is 8.47. The summed E-state index contributed by atoms with van der Waals surface area (Å²) in [5, 5.41) is 24.7. The van der Waals surface area contributed by atoms with Gasteiger partial charge in [0.05, 0.1) is 6.61 Å². The summed E-state index contributed by atoms with van der Waals surface area (Å²) in [5.41, 5.74) is 1.68. The summed E-state index contributed by atoms with van der Waals surface area (Å²) < 4.78 is 24.7. The zero-order valence-electron chi connectivity index (χ0n) is 20.9. The van der Waals surface area contributed by atoms with Crippen LogP contribution in [0.4, 0.5) is 4.39 Å². The molecule has 0 amide bonds. The average Bonchev–Trinajstić information content (AvgIpc) is 3.33. The number of benzene rings is 2. The van der Waals surface area contributed by atoms with Gasteiger partial charge in [0.2, 0.25) is 0 Å². The predicted octanol–water partition coefficient (Wildman–Crippen LogP) is 2.22. The van der Waals surface area contributed by atoms with Crippen molar-refractivity contribution < 1.29 is 50.0 Å². The van der Waals surface area contributed by atoms with E-state index in [1.165, 1.54) is 12.1 Å². The topological polar surface area (TPSA) is 93.1 Å². The van der Waals surface area contributed by atoms with Crippen molar-refractivity contribution >= 4 is 0 Å². The summed E-state index contributed by atoms with van der Waals surface area (Å²) in [4.78, 5) is 0. The Kier molecular flexibility index (Phi) is 10.6. The number of halogens is 1. The number of nitrogens with zero attached hydrogens (tertiary/aromatic N) is 3. The molecule has 9 heteroatoms. The smallest absolute Gasteiger partial charge is 1.00 e. The molecule has 0 aliphatic carbocycles. The third-order valence-electron chi connectivity index (χ3n) is 5.48. The molecule has 3 aromatic rings. The number of hydrogen-bond acceptors (Lipinski definition) is 6. The maximum Gasteiger partial charge on any atom is 1.00 e. The van der Waals surface area contributed by atoms with E-state index in [0.717, 1.165) is 49.1 Å². The van der Waals surface area contributed by atoms with Crippen LogP contribution in [0.15, 0.2) is 36.4 Å². The van der Waals surface area contributed by atoms with E-state index < -0.39 is 0 Å². The number of aromatic amines is 1. The van der Waals surface area contributed by atoms with Crippen molar-refractivity contribution in [2.24, 2.45) is 0 Å². The zero-order valence-corrected chi connectivity index (χ0v) is 21.9. The molecular weight excluding hydrogens is 434 g/mol. The van der Waals surface area contributed by atoms with Gasteiger partial charge in [-0.2, -0.15) is 5.21 Å². The molecule has 0 saturated carbocycles. The van der Waals surface area contributed by atoms with E-state index in [4.69, 9.17) is 9.47 Å². The van der Waals surface area contributed by atoms with Crippen LogP contribution in [0, 0.1) is 5.82 Å². The van der Waals surface area contributed by atoms with Crippen LogP contribution in [0.25, 0.3) is 0 Å². The van der Waals surface area contributed by atoms with Crippen LogP contribution in [0.2, 0.25) is 0 Å². The number of ether oxygens (including phenoxy) is 2. The number of rotatable bonds is 12. The Balaban J connectivity index is 0.00000289. The Morgan fingerprint density at radius 1 is 1.06 bits per heavy atom. The largest absolute Gasteiger partial charge is 1.00 e. The molecule has 3 rings (SSSR count). The zero-order chi connectivity index (χ0) is 23.0. The minimum atomic E-state index is -0.290. The van der Waals surface area contributed by atoms with E-state index in [0.29, 0.717) is 18.1 Å².